The van der Waals surface area contributed by atoms with Gasteiger partial charge in [0.15, 0.2) is 0 Å². The highest BCUT2D eigenvalue weighted by molar-refractivity contribution is 5.94. The number of rotatable bonds is 11. The molecule has 0 radical (unpaired) electrons. The van der Waals surface area contributed by atoms with Crippen LogP contribution in [0.2, 0.25) is 0 Å². The van der Waals surface area contributed by atoms with Gasteiger partial charge >= 0.3 is 0 Å². The van der Waals surface area contributed by atoms with Gasteiger partial charge in [0.25, 0.3) is 5.91 Å². The number of nitrogen functional groups attached to an aromatic ring is 1. The lowest BCUT2D eigenvalue weighted by atomic mass is 9.94. The minimum absolute atomic E-state index is 0.153. The third kappa shape index (κ3) is 7.66. The van der Waals surface area contributed by atoms with Crippen molar-refractivity contribution in [3.05, 3.63) is 65.0 Å². The van der Waals surface area contributed by atoms with E-state index in [1.54, 1.807) is 25.3 Å². The maximum Gasteiger partial charge on any atom is 0.251 e. The van der Waals surface area contributed by atoms with Crippen LogP contribution in [0.5, 0.6) is 0 Å². The van der Waals surface area contributed by atoms with Crippen molar-refractivity contribution in [2.45, 2.75) is 32.7 Å². The van der Waals surface area contributed by atoms with E-state index in [0.717, 1.165) is 17.6 Å². The van der Waals surface area contributed by atoms with Crippen molar-refractivity contribution in [1.29, 1.82) is 0 Å². The Morgan fingerprint density at radius 2 is 2.11 bits per heavy atom. The smallest absolute Gasteiger partial charge is 0.251 e. The zero-order valence-electron chi connectivity index (χ0n) is 17.2. The van der Waals surface area contributed by atoms with E-state index in [2.05, 4.69) is 10.6 Å². The number of hydrogen-bond donors (Lipinski definition) is 3. The van der Waals surface area contributed by atoms with E-state index in [1.807, 2.05) is 32.2 Å². The number of benzene rings is 1. The Kier molecular flexibility index (Phi) is 10.8. The molecule has 5 nitrogen and oxygen atoms in total. The number of carbonyl (C=O) groups is 1. The molecule has 6 heteroatoms. The number of anilines is 1. The fourth-order valence-electron chi connectivity index (χ4n) is 2.82. The summed E-state index contributed by atoms with van der Waals surface area (Å²) in [5.74, 6) is -0.372. The fraction of sp³-hybridized carbons (Fsp3) is 0.409. The molecule has 0 heterocycles. The monoisotopic (exact) mass is 389 g/mol. The summed E-state index contributed by atoms with van der Waals surface area (Å²) in [6, 6.07) is 5.04. The van der Waals surface area contributed by atoms with Crippen LogP contribution in [0.15, 0.2) is 53.9 Å². The second-order valence-corrected chi connectivity index (χ2v) is 6.40. The first-order valence-electron chi connectivity index (χ1n) is 9.43. The average Bonchev–Trinajstić information content (AvgIpc) is 2.66. The summed E-state index contributed by atoms with van der Waals surface area (Å²) < 4.78 is 18.0. The topological polar surface area (TPSA) is 76.4 Å². The second kappa shape index (κ2) is 12.9. The first-order valence-corrected chi connectivity index (χ1v) is 9.43. The van der Waals surface area contributed by atoms with Crippen LogP contribution in [0.25, 0.3) is 0 Å². The summed E-state index contributed by atoms with van der Waals surface area (Å²) in [5, 5.41) is 6.13. The normalized spacial score (nSPS) is 13.8. The maximum absolute atomic E-state index is 13.0. The van der Waals surface area contributed by atoms with Gasteiger partial charge in [-0.3, -0.25) is 4.79 Å². The number of nitrogens with two attached hydrogens (primary N) is 1. The molecule has 154 valence electrons. The number of nitrogens with one attached hydrogen (secondary N) is 2. The molecule has 0 aromatic heterocycles. The minimum Gasteiger partial charge on any atom is -0.398 e. The molecule has 1 aromatic carbocycles. The highest BCUT2D eigenvalue weighted by Crippen LogP contribution is 2.29. The molecule has 0 spiro atoms. The Morgan fingerprint density at radius 1 is 1.36 bits per heavy atom. The lowest BCUT2D eigenvalue weighted by Crippen LogP contribution is -2.26. The number of methoxy groups -OCH3 is 1. The van der Waals surface area contributed by atoms with Gasteiger partial charge in [-0.15, -0.1) is 0 Å². The van der Waals surface area contributed by atoms with E-state index in [1.165, 1.54) is 13.0 Å². The van der Waals surface area contributed by atoms with Crippen molar-refractivity contribution < 1.29 is 13.9 Å². The molecule has 28 heavy (non-hydrogen) atoms. The van der Waals surface area contributed by atoms with Crippen LogP contribution in [-0.2, 0) is 4.74 Å². The summed E-state index contributed by atoms with van der Waals surface area (Å²) >= 11 is 0. The zero-order chi connectivity index (χ0) is 20.9. The molecule has 1 atom stereocenters. The molecule has 0 bridgehead atoms. The maximum atomic E-state index is 13.0. The van der Waals surface area contributed by atoms with Crippen molar-refractivity contribution in [2.24, 2.45) is 0 Å². The Balaban J connectivity index is 3.12. The van der Waals surface area contributed by atoms with Crippen LogP contribution in [0.4, 0.5) is 10.1 Å². The lowest BCUT2D eigenvalue weighted by molar-refractivity contribution is 0.0948. The third-order valence-electron chi connectivity index (χ3n) is 4.20. The number of likely N-dealkylation sites (N-methyl/N-ethyl adjacent to an activating group) is 1. The van der Waals surface area contributed by atoms with Gasteiger partial charge in [-0.05, 0) is 69.1 Å². The van der Waals surface area contributed by atoms with Gasteiger partial charge in [-0.2, -0.15) is 0 Å². The van der Waals surface area contributed by atoms with Gasteiger partial charge in [0, 0.05) is 31.5 Å². The third-order valence-corrected chi connectivity index (χ3v) is 4.20. The SMILES string of the molecule is C/C=C\C(=CC/C=C(\C)F)C(NC)c1cc(C(=O)NCCCOC)ccc1N. The molecule has 0 saturated heterocycles. The quantitative estimate of drug-likeness (QED) is 0.303. The van der Waals surface area contributed by atoms with Crippen LogP contribution in [-0.4, -0.2) is 33.2 Å². The van der Waals surface area contributed by atoms with Crippen LogP contribution in [0.3, 0.4) is 0 Å². The average molecular weight is 390 g/mol. The van der Waals surface area contributed by atoms with Gasteiger partial charge in [0.05, 0.1) is 11.9 Å². The van der Waals surface area contributed by atoms with Gasteiger partial charge in [0.2, 0.25) is 0 Å². The minimum atomic E-state index is -0.219. The highest BCUT2D eigenvalue weighted by atomic mass is 19.1. The summed E-state index contributed by atoms with van der Waals surface area (Å²) in [4.78, 5) is 12.4. The zero-order valence-corrected chi connectivity index (χ0v) is 17.2. The summed E-state index contributed by atoms with van der Waals surface area (Å²) in [7, 11) is 3.46. The van der Waals surface area contributed by atoms with Crippen molar-refractivity contribution in [3.63, 3.8) is 0 Å². The Morgan fingerprint density at radius 3 is 2.71 bits per heavy atom. The van der Waals surface area contributed by atoms with Crippen LogP contribution in [0.1, 0.15) is 48.7 Å². The molecule has 1 unspecified atom stereocenters. The van der Waals surface area contributed by atoms with Gasteiger partial charge in [-0.1, -0.05) is 18.2 Å². The lowest BCUT2D eigenvalue weighted by Gasteiger charge is -2.21. The van der Waals surface area contributed by atoms with E-state index in [0.29, 0.717) is 30.8 Å². The number of carbonyl (C=O) groups excluding carboxylic acids is 1. The van der Waals surface area contributed by atoms with E-state index in [4.69, 9.17) is 10.5 Å². The Bertz CT molecular complexity index is 722. The van der Waals surface area contributed by atoms with Gasteiger partial charge in [0.1, 0.15) is 0 Å². The van der Waals surface area contributed by atoms with Crippen LogP contribution < -0.4 is 16.4 Å². The number of allylic oxidation sites excluding steroid dienone is 4. The molecule has 1 aromatic rings. The predicted molar refractivity (Wildman–Crippen MR) is 114 cm³/mol. The van der Waals surface area contributed by atoms with Gasteiger partial charge in [-0.25, -0.2) is 4.39 Å². The summed E-state index contributed by atoms with van der Waals surface area (Å²) in [5.41, 5.74) is 9.09. The molecule has 0 saturated carbocycles. The molecule has 0 aliphatic carbocycles. The number of ether oxygens (including phenoxy) is 1. The van der Waals surface area contributed by atoms with Crippen molar-refractivity contribution in [1.82, 2.24) is 10.6 Å². The van der Waals surface area contributed by atoms with E-state index < -0.39 is 0 Å². The van der Waals surface area contributed by atoms with Crippen molar-refractivity contribution in [3.8, 4) is 0 Å². The molecule has 0 fully saturated rings. The molecular weight excluding hydrogens is 357 g/mol. The molecular formula is C22H32FN3O2. The van der Waals surface area contributed by atoms with Crippen LogP contribution >= 0.6 is 0 Å². The van der Waals surface area contributed by atoms with Gasteiger partial charge < -0.3 is 21.1 Å². The molecule has 1 amide bonds. The fourth-order valence-corrected chi connectivity index (χ4v) is 2.82. The van der Waals surface area contributed by atoms with Crippen molar-refractivity contribution in [2.75, 3.05) is 33.0 Å². The Labute approximate surface area is 167 Å². The molecule has 1 rings (SSSR count). The predicted octanol–water partition coefficient (Wildman–Crippen LogP) is 4.06. The number of amides is 1. The largest absolute Gasteiger partial charge is 0.398 e. The Hall–Kier alpha value is -2.44. The first-order chi connectivity index (χ1) is 13.4. The number of hydrogen-bond acceptors (Lipinski definition) is 4. The summed E-state index contributed by atoms with van der Waals surface area (Å²) in [6.07, 6.45) is 8.56. The highest BCUT2D eigenvalue weighted by Gasteiger charge is 2.18. The molecule has 0 aliphatic heterocycles. The summed E-state index contributed by atoms with van der Waals surface area (Å²) in [6.45, 7) is 4.48. The number of halogens is 1. The van der Waals surface area contributed by atoms with E-state index in [9.17, 15) is 9.18 Å². The first kappa shape index (κ1) is 23.6. The molecule has 0 aliphatic rings. The van der Waals surface area contributed by atoms with E-state index in [-0.39, 0.29) is 17.8 Å². The standard InChI is InChI=1S/C22H32FN3O2/c1-5-8-17(10-6-9-16(2)23)21(25-3)19-15-18(11-12-20(19)24)22(27)26-13-7-14-28-4/h5,8-12,15,21,25H,6-7,13-14,24H2,1-4H3,(H,26,27)/b8-5-,16-9+,17-10?. The van der Waals surface area contributed by atoms with E-state index >= 15 is 0 Å². The van der Waals surface area contributed by atoms with Crippen molar-refractivity contribution >= 4 is 11.6 Å². The van der Waals surface area contributed by atoms with Crippen LogP contribution in [0, 0.1) is 0 Å². The molecule has 4 N–H and O–H groups in total. The second-order valence-electron chi connectivity index (χ2n) is 6.40.